The summed E-state index contributed by atoms with van der Waals surface area (Å²) in [6, 6.07) is 14.0. The molecule has 2 rings (SSSR count). The zero-order chi connectivity index (χ0) is 22.9. The lowest BCUT2D eigenvalue weighted by atomic mass is 10.1. The number of non-ortho nitro benzene ring substituents is 1. The van der Waals surface area contributed by atoms with Crippen LogP contribution in [0.15, 0.2) is 53.5 Å². The quantitative estimate of drug-likeness (QED) is 0.267. The van der Waals surface area contributed by atoms with Gasteiger partial charge in [-0.1, -0.05) is 24.3 Å². The molecule has 2 aromatic carbocycles. The van der Waals surface area contributed by atoms with Crippen LogP contribution in [-0.2, 0) is 17.7 Å². The van der Waals surface area contributed by atoms with Gasteiger partial charge in [0.15, 0.2) is 5.96 Å². The van der Waals surface area contributed by atoms with Crippen LogP contribution < -0.4 is 16.0 Å². The number of guanidine groups is 1. The Labute approximate surface area is 182 Å². The predicted molar refractivity (Wildman–Crippen MR) is 121 cm³/mol. The predicted octanol–water partition coefficient (Wildman–Crippen LogP) is 3.85. The van der Waals surface area contributed by atoms with Crippen LogP contribution in [0.3, 0.4) is 0 Å². The van der Waals surface area contributed by atoms with Crippen LogP contribution in [0.25, 0.3) is 0 Å². The van der Waals surface area contributed by atoms with Gasteiger partial charge in [0.1, 0.15) is 5.60 Å². The van der Waals surface area contributed by atoms with Crippen molar-refractivity contribution in [3.63, 3.8) is 0 Å². The molecule has 31 heavy (non-hydrogen) atoms. The van der Waals surface area contributed by atoms with Crippen molar-refractivity contribution in [2.45, 2.75) is 39.3 Å². The van der Waals surface area contributed by atoms with Crippen LogP contribution >= 0.6 is 0 Å². The van der Waals surface area contributed by atoms with Gasteiger partial charge < -0.3 is 15.4 Å². The minimum atomic E-state index is -0.544. The number of nitro benzene ring substituents is 1. The Morgan fingerprint density at radius 3 is 2.42 bits per heavy atom. The Hall–Kier alpha value is -3.62. The molecule has 0 unspecified atom stereocenters. The molecule has 0 spiro atoms. The van der Waals surface area contributed by atoms with Gasteiger partial charge in [0.2, 0.25) is 0 Å². The topological polar surface area (TPSA) is 118 Å². The fourth-order valence-corrected chi connectivity index (χ4v) is 2.69. The maximum atomic E-state index is 11.8. The number of nitrogens with one attached hydrogen (secondary N) is 3. The molecule has 0 saturated carbocycles. The van der Waals surface area contributed by atoms with Crippen molar-refractivity contribution >= 4 is 23.4 Å². The lowest BCUT2D eigenvalue weighted by Crippen LogP contribution is -2.37. The molecule has 0 aliphatic carbocycles. The van der Waals surface area contributed by atoms with Crippen LogP contribution in [0.4, 0.5) is 16.2 Å². The van der Waals surface area contributed by atoms with Crippen molar-refractivity contribution in [3.8, 4) is 0 Å². The Balaban J connectivity index is 1.77. The number of nitro groups is 1. The zero-order valence-electron chi connectivity index (χ0n) is 18.3. The minimum absolute atomic E-state index is 0.0619. The molecule has 0 radical (unpaired) electrons. The summed E-state index contributed by atoms with van der Waals surface area (Å²) in [5.41, 5.74) is 2.08. The van der Waals surface area contributed by atoms with Crippen LogP contribution in [0, 0.1) is 10.1 Å². The van der Waals surface area contributed by atoms with Gasteiger partial charge in [0.25, 0.3) is 5.69 Å². The number of carbonyl (C=O) groups excluding carboxylic acids is 1. The highest BCUT2D eigenvalue weighted by molar-refractivity contribution is 5.84. The number of ether oxygens (including phenoxy) is 1. The molecule has 0 atom stereocenters. The maximum absolute atomic E-state index is 11.8. The number of hydrogen-bond donors (Lipinski definition) is 3. The molecule has 0 aliphatic rings. The monoisotopic (exact) mass is 427 g/mol. The van der Waals surface area contributed by atoms with E-state index in [1.807, 2.05) is 51.1 Å². The lowest BCUT2D eigenvalue weighted by Gasteiger charge is -2.19. The second-order valence-corrected chi connectivity index (χ2v) is 7.85. The molecule has 0 fully saturated rings. The first-order valence-corrected chi connectivity index (χ1v) is 9.93. The Kier molecular flexibility index (Phi) is 8.36. The van der Waals surface area contributed by atoms with E-state index in [-0.39, 0.29) is 5.69 Å². The molecule has 0 saturated heterocycles. The molecule has 2 aromatic rings. The summed E-state index contributed by atoms with van der Waals surface area (Å²) in [7, 11) is 1.67. The molecule has 166 valence electrons. The smallest absolute Gasteiger partial charge is 0.412 e. The maximum Gasteiger partial charge on any atom is 0.412 e. The van der Waals surface area contributed by atoms with Gasteiger partial charge in [0, 0.05) is 38.0 Å². The largest absolute Gasteiger partial charge is 0.444 e. The van der Waals surface area contributed by atoms with E-state index in [0.717, 1.165) is 17.5 Å². The summed E-state index contributed by atoms with van der Waals surface area (Å²) in [5, 5.41) is 19.9. The van der Waals surface area contributed by atoms with Crippen molar-refractivity contribution in [1.82, 2.24) is 10.6 Å². The van der Waals surface area contributed by atoms with Crippen LogP contribution in [0.1, 0.15) is 31.9 Å². The summed E-state index contributed by atoms with van der Waals surface area (Å²) >= 11 is 0. The highest BCUT2D eigenvalue weighted by Crippen LogP contribution is 2.14. The molecule has 1 amide bonds. The molecule has 0 heterocycles. The van der Waals surface area contributed by atoms with Crippen molar-refractivity contribution in [2.75, 3.05) is 18.9 Å². The van der Waals surface area contributed by atoms with Gasteiger partial charge in [-0.15, -0.1) is 0 Å². The van der Waals surface area contributed by atoms with E-state index in [1.165, 1.54) is 12.1 Å². The fraction of sp³-hybridized carbons (Fsp3) is 0.364. The Bertz CT molecular complexity index is 920. The van der Waals surface area contributed by atoms with Crippen LogP contribution in [-0.4, -0.2) is 36.2 Å². The molecular weight excluding hydrogens is 398 g/mol. The highest BCUT2D eigenvalue weighted by atomic mass is 16.6. The van der Waals surface area contributed by atoms with Gasteiger partial charge in [-0.05, 0) is 50.5 Å². The molecule has 3 N–H and O–H groups in total. The first kappa shape index (κ1) is 23.7. The summed E-state index contributed by atoms with van der Waals surface area (Å²) in [4.78, 5) is 26.4. The van der Waals surface area contributed by atoms with E-state index in [9.17, 15) is 14.9 Å². The third kappa shape index (κ3) is 8.73. The van der Waals surface area contributed by atoms with E-state index >= 15 is 0 Å². The second-order valence-electron chi connectivity index (χ2n) is 7.85. The molecule has 0 bridgehead atoms. The first-order valence-electron chi connectivity index (χ1n) is 9.93. The van der Waals surface area contributed by atoms with Gasteiger partial charge in [-0.25, -0.2) is 4.79 Å². The Morgan fingerprint density at radius 1 is 1.10 bits per heavy atom. The van der Waals surface area contributed by atoms with Crippen LogP contribution in [0.5, 0.6) is 0 Å². The number of hydrogen-bond acceptors (Lipinski definition) is 5. The van der Waals surface area contributed by atoms with E-state index < -0.39 is 16.6 Å². The fourth-order valence-electron chi connectivity index (χ4n) is 2.69. The number of benzene rings is 2. The van der Waals surface area contributed by atoms with Gasteiger partial charge >= 0.3 is 6.09 Å². The number of anilines is 1. The average molecular weight is 428 g/mol. The summed E-state index contributed by atoms with van der Waals surface area (Å²) in [6.45, 7) is 6.51. The molecule has 0 aromatic heterocycles. The third-order valence-corrected chi connectivity index (χ3v) is 4.11. The number of aliphatic imine (C=N–C) groups is 1. The first-order chi connectivity index (χ1) is 14.7. The number of nitrogens with zero attached hydrogens (tertiary/aromatic N) is 2. The van der Waals surface area contributed by atoms with Crippen molar-refractivity contribution in [3.05, 3.63) is 69.8 Å². The second kappa shape index (κ2) is 11.0. The van der Waals surface area contributed by atoms with E-state index in [1.54, 1.807) is 13.1 Å². The average Bonchev–Trinajstić information content (AvgIpc) is 2.70. The molecular formula is C22H29N5O4. The van der Waals surface area contributed by atoms with E-state index in [2.05, 4.69) is 20.9 Å². The summed E-state index contributed by atoms with van der Waals surface area (Å²) < 4.78 is 5.24. The molecule has 9 nitrogen and oxygen atoms in total. The third-order valence-electron chi connectivity index (χ3n) is 4.11. The standard InChI is InChI=1S/C22H29N5O4/c1-22(2,3)31-21(28)26-18-10-8-16(9-11-18)12-13-24-20(23-4)25-15-17-6-5-7-19(14-17)27(29)30/h5-11,14H,12-13,15H2,1-4H3,(H,26,28)(H2,23,24,25). The number of carbonyl (C=O) groups is 1. The summed E-state index contributed by atoms with van der Waals surface area (Å²) in [5.74, 6) is 0.606. The SMILES string of the molecule is CN=C(NCCc1ccc(NC(=O)OC(C)(C)C)cc1)NCc1cccc([N+](=O)[O-])c1. The van der Waals surface area contributed by atoms with Crippen molar-refractivity contribution in [1.29, 1.82) is 0 Å². The highest BCUT2D eigenvalue weighted by Gasteiger charge is 2.16. The van der Waals surface area contributed by atoms with Gasteiger partial charge in [0.05, 0.1) is 4.92 Å². The lowest BCUT2D eigenvalue weighted by molar-refractivity contribution is -0.384. The van der Waals surface area contributed by atoms with Gasteiger partial charge in [-0.2, -0.15) is 0 Å². The molecule has 9 heteroatoms. The van der Waals surface area contributed by atoms with Crippen molar-refractivity contribution < 1.29 is 14.5 Å². The Morgan fingerprint density at radius 2 is 1.81 bits per heavy atom. The van der Waals surface area contributed by atoms with Crippen LogP contribution in [0.2, 0.25) is 0 Å². The number of amides is 1. The minimum Gasteiger partial charge on any atom is -0.444 e. The van der Waals surface area contributed by atoms with E-state index in [4.69, 9.17) is 4.74 Å². The molecule has 0 aliphatic heterocycles. The van der Waals surface area contributed by atoms with Crippen molar-refractivity contribution in [2.24, 2.45) is 4.99 Å². The van der Waals surface area contributed by atoms with Gasteiger partial charge in [-0.3, -0.25) is 20.4 Å². The van der Waals surface area contributed by atoms with E-state index in [0.29, 0.717) is 24.7 Å². The summed E-state index contributed by atoms with van der Waals surface area (Å²) in [6.07, 6.45) is 0.269. The normalized spacial score (nSPS) is 11.5. The number of rotatable bonds is 7. The zero-order valence-corrected chi connectivity index (χ0v) is 18.3.